The van der Waals surface area contributed by atoms with Gasteiger partial charge >= 0.3 is 0 Å². The molecule has 0 aromatic heterocycles. The van der Waals surface area contributed by atoms with Crippen LogP contribution in [0.15, 0.2) is 30.3 Å². The van der Waals surface area contributed by atoms with Crippen LogP contribution in [-0.2, 0) is 20.8 Å². The summed E-state index contributed by atoms with van der Waals surface area (Å²) in [4.78, 5) is 13.8. The highest BCUT2D eigenvalue weighted by Gasteiger charge is 2.40. The van der Waals surface area contributed by atoms with E-state index in [0.29, 0.717) is 19.8 Å². The molecule has 2 saturated heterocycles. The Morgan fingerprint density at radius 1 is 1.24 bits per heavy atom. The molecule has 1 aromatic rings. The first-order valence-electron chi connectivity index (χ1n) is 5.87. The summed E-state index contributed by atoms with van der Waals surface area (Å²) in [5.74, 6) is 0.0561. The molecule has 0 aliphatic carbocycles. The van der Waals surface area contributed by atoms with Crippen LogP contribution in [0.4, 0.5) is 0 Å². The molecule has 4 nitrogen and oxygen atoms in total. The van der Waals surface area contributed by atoms with Crippen molar-refractivity contribution in [2.45, 2.75) is 18.7 Å². The second-order valence-corrected chi connectivity index (χ2v) is 4.46. The molecule has 4 heteroatoms. The molecule has 0 unspecified atom stereocenters. The number of carbonyl (C=O) groups excluding carboxylic acids is 1. The lowest BCUT2D eigenvalue weighted by molar-refractivity contribution is -0.153. The smallest absolute Gasteiger partial charge is 0.249 e. The minimum absolute atomic E-state index is 0.0522. The lowest BCUT2D eigenvalue weighted by Gasteiger charge is -2.36. The molecule has 3 rings (SSSR count). The Bertz CT molecular complexity index is 406. The van der Waals surface area contributed by atoms with E-state index in [1.807, 2.05) is 35.2 Å². The van der Waals surface area contributed by atoms with Gasteiger partial charge in [0.2, 0.25) is 5.91 Å². The van der Waals surface area contributed by atoms with Crippen LogP contribution in [0.1, 0.15) is 5.56 Å². The molecule has 2 aliphatic rings. The average Bonchev–Trinajstić information content (AvgIpc) is 2.83. The predicted molar refractivity (Wildman–Crippen MR) is 61.3 cm³/mol. The Hall–Kier alpha value is -1.39. The Morgan fingerprint density at radius 3 is 2.88 bits per heavy atom. The van der Waals surface area contributed by atoms with Crippen LogP contribution in [0, 0.1) is 0 Å². The van der Waals surface area contributed by atoms with Crippen LogP contribution in [-0.4, -0.2) is 42.8 Å². The number of nitrogens with zero attached hydrogens (tertiary/aromatic N) is 1. The van der Waals surface area contributed by atoms with Crippen LogP contribution in [0.3, 0.4) is 0 Å². The van der Waals surface area contributed by atoms with Gasteiger partial charge in [0.1, 0.15) is 12.7 Å². The normalized spacial score (nSPS) is 28.2. The maximum absolute atomic E-state index is 11.9. The van der Waals surface area contributed by atoms with Crippen molar-refractivity contribution in [3.63, 3.8) is 0 Å². The van der Waals surface area contributed by atoms with E-state index in [2.05, 4.69) is 0 Å². The van der Waals surface area contributed by atoms with Crippen LogP contribution in [0.25, 0.3) is 0 Å². The molecule has 1 amide bonds. The third-order valence-electron chi connectivity index (χ3n) is 3.34. The van der Waals surface area contributed by atoms with Gasteiger partial charge in [-0.05, 0) is 5.56 Å². The molecule has 0 bridgehead atoms. The summed E-state index contributed by atoms with van der Waals surface area (Å²) < 4.78 is 10.9. The molecule has 0 saturated carbocycles. The summed E-state index contributed by atoms with van der Waals surface area (Å²) in [7, 11) is 0. The number of benzene rings is 1. The summed E-state index contributed by atoms with van der Waals surface area (Å²) in [6.45, 7) is 2.01. The van der Waals surface area contributed by atoms with Gasteiger partial charge in [0, 0.05) is 6.54 Å². The Kier molecular flexibility index (Phi) is 2.82. The molecule has 0 radical (unpaired) electrons. The molecule has 2 heterocycles. The third-order valence-corrected chi connectivity index (χ3v) is 3.34. The zero-order chi connectivity index (χ0) is 11.7. The second kappa shape index (κ2) is 4.47. The van der Waals surface area contributed by atoms with Gasteiger partial charge in [0.05, 0.1) is 19.3 Å². The third kappa shape index (κ3) is 2.06. The van der Waals surface area contributed by atoms with E-state index in [0.717, 1.165) is 5.56 Å². The zero-order valence-electron chi connectivity index (χ0n) is 9.54. The Labute approximate surface area is 100 Å². The molecule has 1 aromatic carbocycles. The highest BCUT2D eigenvalue weighted by Crippen LogP contribution is 2.23. The van der Waals surface area contributed by atoms with Gasteiger partial charge in [0.15, 0.2) is 0 Å². The van der Waals surface area contributed by atoms with Gasteiger partial charge < -0.3 is 14.4 Å². The van der Waals surface area contributed by atoms with E-state index in [9.17, 15) is 4.79 Å². The van der Waals surface area contributed by atoms with Crippen LogP contribution < -0.4 is 0 Å². The van der Waals surface area contributed by atoms with Crippen molar-refractivity contribution >= 4 is 5.91 Å². The number of hydrogen-bond acceptors (Lipinski definition) is 3. The number of fused-ring (bicyclic) bond motifs is 1. The maximum Gasteiger partial charge on any atom is 0.249 e. The zero-order valence-corrected chi connectivity index (χ0v) is 9.54. The van der Waals surface area contributed by atoms with Crippen molar-refractivity contribution in [3.8, 4) is 0 Å². The number of rotatable bonds is 2. The van der Waals surface area contributed by atoms with Crippen molar-refractivity contribution in [2.24, 2.45) is 0 Å². The largest absolute Gasteiger partial charge is 0.376 e. The first-order valence-corrected chi connectivity index (χ1v) is 5.87. The van der Waals surface area contributed by atoms with Crippen molar-refractivity contribution in [2.75, 3.05) is 19.8 Å². The molecule has 0 spiro atoms. The lowest BCUT2D eigenvalue weighted by Crippen LogP contribution is -2.53. The number of carbonyl (C=O) groups is 1. The maximum atomic E-state index is 11.9. The number of amides is 1. The van der Waals surface area contributed by atoms with Gasteiger partial charge in [-0.15, -0.1) is 0 Å². The Morgan fingerprint density at radius 2 is 2.06 bits per heavy atom. The standard InChI is InChI=1S/C13H15NO3/c15-13-9-17-12-8-16-7-11(12)14(13)6-10-4-2-1-3-5-10/h1-5,11-12H,6-9H2/t11-,12-/m0/s1. The van der Waals surface area contributed by atoms with Gasteiger partial charge in [-0.25, -0.2) is 0 Å². The van der Waals surface area contributed by atoms with Crippen LogP contribution >= 0.6 is 0 Å². The van der Waals surface area contributed by atoms with Crippen LogP contribution in [0.5, 0.6) is 0 Å². The monoisotopic (exact) mass is 233 g/mol. The van der Waals surface area contributed by atoms with Crippen LogP contribution in [0.2, 0.25) is 0 Å². The fraction of sp³-hybridized carbons (Fsp3) is 0.462. The molecule has 2 fully saturated rings. The highest BCUT2D eigenvalue weighted by molar-refractivity contribution is 5.78. The highest BCUT2D eigenvalue weighted by atomic mass is 16.6. The van der Waals surface area contributed by atoms with Gasteiger partial charge in [0.25, 0.3) is 0 Å². The molecule has 0 N–H and O–H groups in total. The van der Waals surface area contributed by atoms with E-state index in [1.54, 1.807) is 0 Å². The summed E-state index contributed by atoms with van der Waals surface area (Å²) >= 11 is 0. The van der Waals surface area contributed by atoms with Crippen molar-refractivity contribution in [1.82, 2.24) is 4.90 Å². The first-order chi connectivity index (χ1) is 8.34. The summed E-state index contributed by atoms with van der Waals surface area (Å²) in [5, 5.41) is 0. The fourth-order valence-electron chi connectivity index (χ4n) is 2.40. The fourth-order valence-corrected chi connectivity index (χ4v) is 2.40. The molecular weight excluding hydrogens is 218 g/mol. The quantitative estimate of drug-likeness (QED) is 0.759. The number of morpholine rings is 1. The second-order valence-electron chi connectivity index (χ2n) is 4.46. The lowest BCUT2D eigenvalue weighted by atomic mass is 10.1. The van der Waals surface area contributed by atoms with Gasteiger partial charge in [-0.2, -0.15) is 0 Å². The van der Waals surface area contributed by atoms with Gasteiger partial charge in [-0.3, -0.25) is 4.79 Å². The molecule has 2 aliphatic heterocycles. The number of hydrogen-bond donors (Lipinski definition) is 0. The molecule has 17 heavy (non-hydrogen) atoms. The molecule has 2 atom stereocenters. The molecule has 90 valence electrons. The van der Waals surface area contributed by atoms with E-state index >= 15 is 0 Å². The predicted octanol–water partition coefficient (Wildman–Crippen LogP) is 0.813. The number of ether oxygens (including phenoxy) is 2. The van der Waals surface area contributed by atoms with Gasteiger partial charge in [-0.1, -0.05) is 30.3 Å². The molecular formula is C13H15NO3. The summed E-state index contributed by atoms with van der Waals surface area (Å²) in [6.07, 6.45) is 0.0522. The Balaban J connectivity index is 1.78. The van der Waals surface area contributed by atoms with Crippen molar-refractivity contribution < 1.29 is 14.3 Å². The average molecular weight is 233 g/mol. The summed E-state index contributed by atoms with van der Waals surface area (Å²) in [5.41, 5.74) is 1.15. The van der Waals surface area contributed by atoms with E-state index in [4.69, 9.17) is 9.47 Å². The van der Waals surface area contributed by atoms with Crippen molar-refractivity contribution in [1.29, 1.82) is 0 Å². The minimum atomic E-state index is 0.0522. The van der Waals surface area contributed by atoms with Crippen molar-refractivity contribution in [3.05, 3.63) is 35.9 Å². The van der Waals surface area contributed by atoms with E-state index < -0.39 is 0 Å². The topological polar surface area (TPSA) is 38.8 Å². The summed E-state index contributed by atoms with van der Waals surface area (Å²) in [6, 6.07) is 10.1. The minimum Gasteiger partial charge on any atom is -0.376 e. The van der Waals surface area contributed by atoms with E-state index in [1.165, 1.54) is 0 Å². The SMILES string of the molecule is O=C1CO[C@H]2COC[C@@H]2N1Cc1ccccc1. The van der Waals surface area contributed by atoms with E-state index in [-0.39, 0.29) is 24.7 Å². The first kappa shape index (κ1) is 10.7.